The number of ether oxygens (including phenoxy) is 2. The summed E-state index contributed by atoms with van der Waals surface area (Å²) in [5, 5.41) is 9.85. The fourth-order valence-corrected chi connectivity index (χ4v) is 3.55. The molecule has 146 valence electrons. The first-order valence-corrected chi connectivity index (χ1v) is 8.78. The molecule has 0 aliphatic carbocycles. The summed E-state index contributed by atoms with van der Waals surface area (Å²) in [6.07, 6.45) is -3.68. The maximum Gasteiger partial charge on any atom is 0.416 e. The van der Waals surface area contributed by atoms with Gasteiger partial charge in [0.15, 0.2) is 0 Å². The molecule has 27 heavy (non-hydrogen) atoms. The van der Waals surface area contributed by atoms with E-state index < -0.39 is 11.7 Å². The lowest BCUT2D eigenvalue weighted by Crippen LogP contribution is -2.22. The van der Waals surface area contributed by atoms with Crippen molar-refractivity contribution < 1.29 is 27.8 Å². The lowest BCUT2D eigenvalue weighted by molar-refractivity contribution is -0.137. The van der Waals surface area contributed by atoms with Crippen molar-refractivity contribution in [3.63, 3.8) is 0 Å². The maximum absolute atomic E-state index is 13.1. The van der Waals surface area contributed by atoms with E-state index in [0.717, 1.165) is 24.1 Å². The number of hydrogen-bond acceptors (Lipinski definition) is 3. The Labute approximate surface area is 156 Å². The first-order chi connectivity index (χ1) is 12.6. The minimum Gasteiger partial charge on any atom is -0.496 e. The van der Waals surface area contributed by atoms with Gasteiger partial charge in [-0.1, -0.05) is 26.0 Å². The molecule has 1 N–H and O–H groups in total. The highest BCUT2D eigenvalue weighted by Gasteiger charge is 2.33. The molecule has 0 aromatic heterocycles. The molecule has 1 unspecified atom stereocenters. The van der Waals surface area contributed by atoms with Crippen molar-refractivity contribution in [2.45, 2.75) is 32.4 Å². The number of fused-ring (bicyclic) bond motifs is 1. The van der Waals surface area contributed by atoms with Crippen molar-refractivity contribution in [3.8, 4) is 22.6 Å². The lowest BCUT2D eigenvalue weighted by atomic mass is 9.81. The fourth-order valence-electron chi connectivity index (χ4n) is 3.55. The standard InChI is InChI=1S/C21H23F3O3/c1-20(2)10-14(11-25)17-8-18(26-3)16(9-19(17)27-12-20)13-5-4-6-15(7-13)21(22,23)24/h4-9,14,25H,10-12H2,1-3H3. The number of rotatable bonds is 3. The van der Waals surface area contributed by atoms with Crippen molar-refractivity contribution in [3.05, 3.63) is 47.5 Å². The summed E-state index contributed by atoms with van der Waals surface area (Å²) in [7, 11) is 1.48. The third-order valence-corrected chi connectivity index (χ3v) is 4.91. The Kier molecular flexibility index (Phi) is 5.12. The number of alkyl halides is 3. The van der Waals surface area contributed by atoms with Crippen LogP contribution in [0.25, 0.3) is 11.1 Å². The maximum atomic E-state index is 13.1. The topological polar surface area (TPSA) is 38.7 Å². The van der Waals surface area contributed by atoms with E-state index in [1.165, 1.54) is 13.2 Å². The van der Waals surface area contributed by atoms with Crippen LogP contribution in [0.1, 0.15) is 37.3 Å². The van der Waals surface area contributed by atoms with Gasteiger partial charge in [0.2, 0.25) is 0 Å². The van der Waals surface area contributed by atoms with E-state index in [1.54, 1.807) is 18.2 Å². The van der Waals surface area contributed by atoms with Gasteiger partial charge >= 0.3 is 6.18 Å². The van der Waals surface area contributed by atoms with Crippen molar-refractivity contribution in [1.29, 1.82) is 0 Å². The Hall–Kier alpha value is -2.21. The molecule has 1 heterocycles. The van der Waals surface area contributed by atoms with Gasteiger partial charge in [-0.2, -0.15) is 13.2 Å². The van der Waals surface area contributed by atoms with Gasteiger partial charge in [0.1, 0.15) is 11.5 Å². The molecule has 2 aromatic carbocycles. The summed E-state index contributed by atoms with van der Waals surface area (Å²) in [6.45, 7) is 4.55. The third-order valence-electron chi connectivity index (χ3n) is 4.91. The summed E-state index contributed by atoms with van der Waals surface area (Å²) < 4.78 is 50.7. The highest BCUT2D eigenvalue weighted by atomic mass is 19.4. The summed E-state index contributed by atoms with van der Waals surface area (Å²) in [6, 6.07) is 8.63. The summed E-state index contributed by atoms with van der Waals surface area (Å²) in [5.74, 6) is 0.907. The first kappa shape index (κ1) is 19.5. The van der Waals surface area contributed by atoms with E-state index in [2.05, 4.69) is 13.8 Å². The molecule has 0 spiro atoms. The van der Waals surface area contributed by atoms with Crippen molar-refractivity contribution in [1.82, 2.24) is 0 Å². The summed E-state index contributed by atoms with van der Waals surface area (Å²) in [5.41, 5.74) is 0.898. The van der Waals surface area contributed by atoms with Crippen LogP contribution in [-0.2, 0) is 6.18 Å². The number of halogens is 3. The molecule has 6 heteroatoms. The van der Waals surface area contributed by atoms with Crippen LogP contribution in [0, 0.1) is 5.41 Å². The lowest BCUT2D eigenvalue weighted by Gasteiger charge is -2.24. The van der Waals surface area contributed by atoms with Gasteiger partial charge in [0.05, 0.1) is 25.9 Å². The molecule has 1 aliphatic heterocycles. The van der Waals surface area contributed by atoms with Gasteiger partial charge in [-0.15, -0.1) is 0 Å². The number of aliphatic hydroxyl groups excluding tert-OH is 1. The highest BCUT2D eigenvalue weighted by Crippen LogP contribution is 2.45. The van der Waals surface area contributed by atoms with Crippen LogP contribution >= 0.6 is 0 Å². The van der Waals surface area contributed by atoms with Crippen LogP contribution in [0.4, 0.5) is 13.2 Å². The molecule has 0 amide bonds. The minimum absolute atomic E-state index is 0.0359. The average molecular weight is 380 g/mol. The van der Waals surface area contributed by atoms with Crippen LogP contribution in [-0.4, -0.2) is 25.4 Å². The average Bonchev–Trinajstić information content (AvgIpc) is 2.75. The summed E-state index contributed by atoms with van der Waals surface area (Å²) in [4.78, 5) is 0. The van der Waals surface area contributed by atoms with Crippen LogP contribution in [0.5, 0.6) is 11.5 Å². The molecular formula is C21H23F3O3. The Bertz CT molecular complexity index is 828. The zero-order valence-electron chi connectivity index (χ0n) is 15.6. The highest BCUT2D eigenvalue weighted by molar-refractivity contribution is 5.74. The van der Waals surface area contributed by atoms with Gasteiger partial charge < -0.3 is 14.6 Å². The second-order valence-electron chi connectivity index (χ2n) is 7.71. The van der Waals surface area contributed by atoms with E-state index in [4.69, 9.17) is 9.47 Å². The van der Waals surface area contributed by atoms with Crippen LogP contribution in [0.15, 0.2) is 36.4 Å². The molecule has 0 saturated heterocycles. The van der Waals surface area contributed by atoms with Gasteiger partial charge in [0, 0.05) is 17.0 Å². The molecule has 1 atom stereocenters. The molecule has 0 saturated carbocycles. The molecule has 3 nitrogen and oxygen atoms in total. The predicted octanol–water partition coefficient (Wildman–Crippen LogP) is 5.27. The minimum atomic E-state index is -4.42. The van der Waals surface area contributed by atoms with E-state index in [-0.39, 0.29) is 17.9 Å². The molecule has 3 rings (SSSR count). The molecule has 0 fully saturated rings. The summed E-state index contributed by atoms with van der Waals surface area (Å²) >= 11 is 0. The van der Waals surface area contributed by atoms with Crippen molar-refractivity contribution >= 4 is 0 Å². The second-order valence-corrected chi connectivity index (χ2v) is 7.71. The Morgan fingerprint density at radius 3 is 2.59 bits per heavy atom. The number of aliphatic hydroxyl groups is 1. The largest absolute Gasteiger partial charge is 0.496 e. The van der Waals surface area contributed by atoms with Gasteiger partial charge in [-0.25, -0.2) is 0 Å². The zero-order chi connectivity index (χ0) is 19.8. The number of hydrogen-bond donors (Lipinski definition) is 1. The van der Waals surface area contributed by atoms with Gasteiger partial charge in [-0.05, 0) is 41.7 Å². The molecule has 0 radical (unpaired) electrons. The van der Waals surface area contributed by atoms with E-state index in [1.807, 2.05) is 0 Å². The van der Waals surface area contributed by atoms with Crippen LogP contribution < -0.4 is 9.47 Å². The van der Waals surface area contributed by atoms with E-state index >= 15 is 0 Å². The Morgan fingerprint density at radius 2 is 1.96 bits per heavy atom. The van der Waals surface area contributed by atoms with Crippen LogP contribution in [0.3, 0.4) is 0 Å². The smallest absolute Gasteiger partial charge is 0.416 e. The van der Waals surface area contributed by atoms with Crippen molar-refractivity contribution in [2.24, 2.45) is 5.41 Å². The third kappa shape index (κ3) is 4.05. The van der Waals surface area contributed by atoms with Gasteiger partial charge in [-0.3, -0.25) is 0 Å². The molecule has 1 aliphatic rings. The molecule has 2 aromatic rings. The Morgan fingerprint density at radius 1 is 1.22 bits per heavy atom. The Balaban J connectivity index is 2.13. The SMILES string of the molecule is COc1cc2c(cc1-c1cccc(C(F)(F)F)c1)OCC(C)(C)CC2CO. The normalized spacial score (nSPS) is 19.0. The second kappa shape index (κ2) is 7.08. The van der Waals surface area contributed by atoms with E-state index in [9.17, 15) is 18.3 Å². The fraction of sp³-hybridized carbons (Fsp3) is 0.429. The predicted molar refractivity (Wildman–Crippen MR) is 97.2 cm³/mol. The number of benzene rings is 2. The molecular weight excluding hydrogens is 357 g/mol. The zero-order valence-corrected chi connectivity index (χ0v) is 15.6. The van der Waals surface area contributed by atoms with Crippen molar-refractivity contribution in [2.75, 3.05) is 20.3 Å². The van der Waals surface area contributed by atoms with Crippen LogP contribution in [0.2, 0.25) is 0 Å². The molecule has 0 bridgehead atoms. The monoisotopic (exact) mass is 380 g/mol. The van der Waals surface area contributed by atoms with E-state index in [0.29, 0.717) is 29.2 Å². The quantitative estimate of drug-likeness (QED) is 0.789. The van der Waals surface area contributed by atoms with Gasteiger partial charge in [0.25, 0.3) is 0 Å². The number of methoxy groups -OCH3 is 1. The first-order valence-electron chi connectivity index (χ1n) is 8.78.